The fraction of sp³-hybridized carbons (Fsp3) is 0. The molecule has 0 atom stereocenters. The molecule has 0 aliphatic carbocycles. The number of aliphatic carboxylic acids is 1. The zero-order valence-corrected chi connectivity index (χ0v) is 14.1. The van der Waals surface area contributed by atoms with Gasteiger partial charge >= 0.3 is 5.97 Å². The van der Waals surface area contributed by atoms with Gasteiger partial charge in [0.1, 0.15) is 0 Å². The summed E-state index contributed by atoms with van der Waals surface area (Å²) in [5.74, 6) is -3.55. The number of anilines is 1. The number of carboxylic acids is 1. The number of aliphatic hydroxyl groups excluding tert-OH is 1. The van der Waals surface area contributed by atoms with Gasteiger partial charge in [-0.05, 0) is 30.3 Å². The fourth-order valence-corrected chi connectivity index (χ4v) is 3.20. The molecule has 0 aliphatic rings. The lowest BCUT2D eigenvalue weighted by Crippen LogP contribution is -2.13. The van der Waals surface area contributed by atoms with Crippen molar-refractivity contribution in [1.29, 1.82) is 0 Å². The number of aliphatic hydroxyl groups is 1. The third-order valence-corrected chi connectivity index (χ3v) is 4.61. The van der Waals surface area contributed by atoms with Crippen molar-refractivity contribution < 1.29 is 28.2 Å². The number of rotatable bonds is 6. The zero-order valence-electron chi connectivity index (χ0n) is 12.5. The number of hydrogen-bond donors (Lipinski definition) is 3. The summed E-state index contributed by atoms with van der Waals surface area (Å²) in [6.07, 6.45) is 0.535. The Morgan fingerprint density at radius 1 is 1.04 bits per heavy atom. The van der Waals surface area contributed by atoms with Crippen molar-refractivity contribution in [2.24, 2.45) is 0 Å². The van der Waals surface area contributed by atoms with E-state index in [9.17, 15) is 18.0 Å². The first-order chi connectivity index (χ1) is 11.7. The van der Waals surface area contributed by atoms with E-state index in [4.69, 9.17) is 21.8 Å². The van der Waals surface area contributed by atoms with E-state index in [1.54, 1.807) is 0 Å². The molecule has 0 aromatic heterocycles. The lowest BCUT2D eigenvalue weighted by atomic mass is 10.1. The summed E-state index contributed by atoms with van der Waals surface area (Å²) < 4.78 is 26.9. The number of benzene rings is 2. The summed E-state index contributed by atoms with van der Waals surface area (Å²) in [7, 11) is -3.92. The molecule has 2 rings (SSSR count). The number of halogens is 1. The van der Waals surface area contributed by atoms with Crippen LogP contribution in [0.3, 0.4) is 0 Å². The maximum absolute atomic E-state index is 12.3. The topological polar surface area (TPSA) is 121 Å². The van der Waals surface area contributed by atoms with Gasteiger partial charge in [-0.2, -0.15) is 0 Å². The van der Waals surface area contributed by atoms with Gasteiger partial charge in [0.2, 0.25) is 5.76 Å². The van der Waals surface area contributed by atoms with Crippen LogP contribution in [0.1, 0.15) is 10.4 Å². The number of sulfonamides is 1. The molecule has 0 aliphatic heterocycles. The molecule has 0 saturated heterocycles. The number of carbonyl (C=O) groups is 2. The Bertz CT molecular complexity index is 968. The fourth-order valence-electron chi connectivity index (χ4n) is 1.85. The molecule has 2 aromatic rings. The molecule has 3 N–H and O–H groups in total. The largest absolute Gasteiger partial charge is 0.502 e. The minimum absolute atomic E-state index is 0.000839. The van der Waals surface area contributed by atoms with E-state index in [2.05, 4.69) is 4.72 Å². The second kappa shape index (κ2) is 7.37. The predicted molar refractivity (Wildman–Crippen MR) is 91.4 cm³/mol. The van der Waals surface area contributed by atoms with Crippen molar-refractivity contribution in [3.05, 3.63) is 71.0 Å². The lowest BCUT2D eigenvalue weighted by Gasteiger charge is -2.09. The molecule has 0 bridgehead atoms. The van der Waals surface area contributed by atoms with E-state index in [0.29, 0.717) is 6.08 Å². The van der Waals surface area contributed by atoms with E-state index in [1.165, 1.54) is 48.5 Å². The molecule has 7 nitrogen and oxygen atoms in total. The Hall–Kier alpha value is -2.84. The first-order valence-corrected chi connectivity index (χ1v) is 8.62. The number of carboxylic acid groups (broad SMARTS) is 1. The zero-order chi connectivity index (χ0) is 18.6. The summed E-state index contributed by atoms with van der Waals surface area (Å²) in [6.45, 7) is 0. The van der Waals surface area contributed by atoms with Crippen LogP contribution >= 0.6 is 11.6 Å². The Kier molecular flexibility index (Phi) is 5.45. The van der Waals surface area contributed by atoms with Crippen LogP contribution in [0.5, 0.6) is 0 Å². The van der Waals surface area contributed by atoms with Crippen LogP contribution in [-0.4, -0.2) is 30.4 Å². The average Bonchev–Trinajstić information content (AvgIpc) is 2.54. The summed E-state index contributed by atoms with van der Waals surface area (Å²) in [4.78, 5) is 22.4. The van der Waals surface area contributed by atoms with Gasteiger partial charge in [-0.1, -0.05) is 29.8 Å². The van der Waals surface area contributed by atoms with Crippen molar-refractivity contribution in [1.82, 2.24) is 0 Å². The Morgan fingerprint density at radius 2 is 1.72 bits per heavy atom. The molecule has 0 heterocycles. The molecule has 0 saturated carbocycles. The summed E-state index contributed by atoms with van der Waals surface area (Å²) in [5.41, 5.74) is 0.0909. The van der Waals surface area contributed by atoms with Crippen molar-refractivity contribution in [2.75, 3.05) is 4.72 Å². The number of hydrogen-bond acceptors (Lipinski definition) is 5. The smallest absolute Gasteiger partial charge is 0.371 e. The van der Waals surface area contributed by atoms with E-state index < -0.39 is 27.5 Å². The number of carbonyl (C=O) groups excluding carboxylic acids is 1. The van der Waals surface area contributed by atoms with Crippen molar-refractivity contribution in [2.45, 2.75) is 4.90 Å². The monoisotopic (exact) mass is 381 g/mol. The third kappa shape index (κ3) is 4.82. The van der Waals surface area contributed by atoms with Crippen LogP contribution in [0, 0.1) is 0 Å². The molecule has 25 heavy (non-hydrogen) atoms. The molecule has 2 aromatic carbocycles. The van der Waals surface area contributed by atoms with Crippen LogP contribution in [-0.2, 0) is 14.8 Å². The van der Waals surface area contributed by atoms with Crippen LogP contribution in [0.2, 0.25) is 5.02 Å². The van der Waals surface area contributed by atoms with E-state index in [0.717, 1.165) is 0 Å². The molecular weight excluding hydrogens is 370 g/mol. The summed E-state index contributed by atoms with van der Waals surface area (Å²) in [5, 5.41) is 17.9. The number of nitrogens with one attached hydrogen (secondary N) is 1. The molecule has 0 amide bonds. The molecule has 9 heteroatoms. The standard InChI is InChI=1S/C16H12ClNO6S/c17-11-4-2-6-13(8-11)25(23,24)18-12-5-1-3-10(7-12)14(19)9-15(20)16(21)22/h1-9,18,20H,(H,21,22)/b15-9+. The van der Waals surface area contributed by atoms with E-state index >= 15 is 0 Å². The highest BCUT2D eigenvalue weighted by molar-refractivity contribution is 7.92. The van der Waals surface area contributed by atoms with Crippen molar-refractivity contribution in [3.8, 4) is 0 Å². The second-order valence-corrected chi connectivity index (χ2v) is 6.96. The van der Waals surface area contributed by atoms with E-state index in [1.807, 2.05) is 0 Å². The highest BCUT2D eigenvalue weighted by Crippen LogP contribution is 2.20. The minimum Gasteiger partial charge on any atom is -0.502 e. The Balaban J connectivity index is 2.29. The predicted octanol–water partition coefficient (Wildman–Crippen LogP) is 2.85. The maximum Gasteiger partial charge on any atom is 0.371 e. The maximum atomic E-state index is 12.3. The number of allylic oxidation sites excluding steroid dienone is 1. The highest BCUT2D eigenvalue weighted by Gasteiger charge is 2.16. The van der Waals surface area contributed by atoms with Gasteiger partial charge in [0.25, 0.3) is 10.0 Å². The van der Waals surface area contributed by atoms with Crippen LogP contribution in [0.4, 0.5) is 5.69 Å². The first kappa shape index (κ1) is 18.5. The molecule has 0 fully saturated rings. The van der Waals surface area contributed by atoms with Crippen LogP contribution < -0.4 is 4.72 Å². The summed E-state index contributed by atoms with van der Waals surface area (Å²) >= 11 is 5.78. The molecule has 130 valence electrons. The molecular formula is C16H12ClNO6S. The van der Waals surface area contributed by atoms with Crippen molar-refractivity contribution in [3.63, 3.8) is 0 Å². The van der Waals surface area contributed by atoms with Gasteiger partial charge < -0.3 is 10.2 Å². The summed E-state index contributed by atoms with van der Waals surface area (Å²) in [6, 6.07) is 11.0. The van der Waals surface area contributed by atoms with Crippen LogP contribution in [0.25, 0.3) is 0 Å². The minimum atomic E-state index is -3.92. The van der Waals surface area contributed by atoms with Gasteiger partial charge in [-0.3, -0.25) is 9.52 Å². The Morgan fingerprint density at radius 3 is 2.36 bits per heavy atom. The third-order valence-electron chi connectivity index (χ3n) is 2.99. The quantitative estimate of drug-likeness (QED) is 0.402. The highest BCUT2D eigenvalue weighted by atomic mass is 35.5. The first-order valence-electron chi connectivity index (χ1n) is 6.76. The van der Waals surface area contributed by atoms with Gasteiger partial charge in [0.15, 0.2) is 5.78 Å². The van der Waals surface area contributed by atoms with Crippen molar-refractivity contribution >= 4 is 39.1 Å². The van der Waals surface area contributed by atoms with Crippen LogP contribution in [0.15, 0.2) is 65.3 Å². The van der Waals surface area contributed by atoms with Gasteiger partial charge in [0, 0.05) is 22.3 Å². The normalized spacial score (nSPS) is 11.8. The molecule has 0 radical (unpaired) electrons. The average molecular weight is 382 g/mol. The second-order valence-electron chi connectivity index (χ2n) is 4.84. The SMILES string of the molecule is O=C(O)/C(O)=C\C(=O)c1cccc(NS(=O)(=O)c2cccc(Cl)c2)c1. The number of ketones is 1. The molecule has 0 unspecified atom stereocenters. The lowest BCUT2D eigenvalue weighted by molar-refractivity contribution is -0.135. The van der Waals surface area contributed by atoms with Gasteiger partial charge in [-0.25, -0.2) is 13.2 Å². The van der Waals surface area contributed by atoms with E-state index in [-0.39, 0.29) is 21.2 Å². The Labute approximate surface area is 148 Å². The van der Waals surface area contributed by atoms with Gasteiger partial charge in [-0.15, -0.1) is 0 Å². The van der Waals surface area contributed by atoms with Gasteiger partial charge in [0.05, 0.1) is 4.90 Å². The molecule has 0 spiro atoms.